The molecule has 5 nitrogen and oxygen atoms in total. The Morgan fingerprint density at radius 1 is 0.882 bits per heavy atom. The van der Waals surface area contributed by atoms with E-state index >= 15 is 0 Å². The van der Waals surface area contributed by atoms with Gasteiger partial charge in [0.25, 0.3) is 5.91 Å². The molecule has 1 fully saturated rings. The Morgan fingerprint density at radius 2 is 1.53 bits per heavy atom. The minimum absolute atomic E-state index is 0.0458. The number of benzene rings is 2. The summed E-state index contributed by atoms with van der Waals surface area (Å²) in [6, 6.07) is 19.8. The van der Waals surface area contributed by atoms with Crippen molar-refractivity contribution in [1.29, 1.82) is 0 Å². The summed E-state index contributed by atoms with van der Waals surface area (Å²) < 4.78 is 0. The number of piperazine rings is 1. The van der Waals surface area contributed by atoms with Gasteiger partial charge in [-0.3, -0.25) is 9.78 Å². The molecule has 1 aliphatic rings. The summed E-state index contributed by atoms with van der Waals surface area (Å²) in [6.07, 6.45) is 3.49. The Labute approximate surface area is 205 Å². The lowest BCUT2D eigenvalue weighted by molar-refractivity contribution is 0.0748. The molecule has 1 N–H and O–H groups in total. The predicted molar refractivity (Wildman–Crippen MR) is 139 cm³/mol. The van der Waals surface area contributed by atoms with E-state index in [-0.39, 0.29) is 5.91 Å². The maximum Gasteiger partial charge on any atom is 0.256 e. The van der Waals surface area contributed by atoms with Crippen LogP contribution in [0.1, 0.15) is 21.5 Å². The number of aryl methyl sites for hydroxylation is 2. The second-order valence-corrected chi connectivity index (χ2v) is 9.17. The third-order valence-corrected chi connectivity index (χ3v) is 6.75. The summed E-state index contributed by atoms with van der Waals surface area (Å²) in [5.74, 6) is 0.0458. The van der Waals surface area contributed by atoms with Crippen LogP contribution in [0.15, 0.2) is 73.1 Å². The first-order valence-corrected chi connectivity index (χ1v) is 11.9. The lowest BCUT2D eigenvalue weighted by atomic mass is 10.1. The molecule has 172 valence electrons. The van der Waals surface area contributed by atoms with Gasteiger partial charge in [-0.2, -0.15) is 0 Å². The van der Waals surface area contributed by atoms with E-state index in [9.17, 15) is 4.79 Å². The number of aromatic amines is 1. The van der Waals surface area contributed by atoms with Gasteiger partial charge in [-0.05, 0) is 60.9 Å². The van der Waals surface area contributed by atoms with Crippen LogP contribution in [0.3, 0.4) is 0 Å². The number of pyridine rings is 1. The van der Waals surface area contributed by atoms with E-state index in [1.54, 1.807) is 12.4 Å². The molecule has 0 aliphatic carbocycles. The van der Waals surface area contributed by atoms with Gasteiger partial charge in [0.15, 0.2) is 0 Å². The van der Waals surface area contributed by atoms with Gasteiger partial charge in [-0.1, -0.05) is 41.9 Å². The highest BCUT2D eigenvalue weighted by Crippen LogP contribution is 2.31. The van der Waals surface area contributed by atoms with Crippen molar-refractivity contribution in [3.8, 4) is 22.5 Å². The van der Waals surface area contributed by atoms with Gasteiger partial charge in [-0.25, -0.2) is 0 Å². The minimum Gasteiger partial charge on any atom is -0.368 e. The SMILES string of the molecule is Cc1cccc(C)c1N1CCN(C(=O)c2cc(-c3ccc(Cl)cc3)[nH]c2-c2ccncc2)CC1. The molecule has 0 unspecified atom stereocenters. The molecule has 0 bridgehead atoms. The van der Waals surface area contributed by atoms with Crippen LogP contribution in [-0.2, 0) is 0 Å². The van der Waals surface area contributed by atoms with Crippen molar-refractivity contribution in [2.45, 2.75) is 13.8 Å². The molecule has 3 heterocycles. The Kier molecular flexibility index (Phi) is 6.12. The number of hydrogen-bond acceptors (Lipinski definition) is 3. The van der Waals surface area contributed by atoms with E-state index in [4.69, 9.17) is 11.6 Å². The smallest absolute Gasteiger partial charge is 0.256 e. The molecule has 0 spiro atoms. The molecule has 4 aromatic rings. The number of anilines is 1. The summed E-state index contributed by atoms with van der Waals surface area (Å²) in [4.78, 5) is 25.7. The van der Waals surface area contributed by atoms with Crippen LogP contribution < -0.4 is 4.90 Å². The van der Waals surface area contributed by atoms with Gasteiger partial charge in [0, 0.05) is 60.5 Å². The molecule has 6 heteroatoms. The monoisotopic (exact) mass is 470 g/mol. The molecule has 2 aromatic carbocycles. The fraction of sp³-hybridized carbons (Fsp3) is 0.214. The van der Waals surface area contributed by atoms with Crippen LogP contribution in [0.2, 0.25) is 5.02 Å². The van der Waals surface area contributed by atoms with Crippen LogP contribution in [0.4, 0.5) is 5.69 Å². The molecule has 34 heavy (non-hydrogen) atoms. The third kappa shape index (κ3) is 4.31. The van der Waals surface area contributed by atoms with Gasteiger partial charge in [-0.15, -0.1) is 0 Å². The minimum atomic E-state index is 0.0458. The molecule has 2 aromatic heterocycles. The zero-order valence-corrected chi connectivity index (χ0v) is 20.1. The number of nitrogens with zero attached hydrogens (tertiary/aromatic N) is 3. The molecular formula is C28H27ClN4O. The number of H-pyrrole nitrogens is 1. The molecular weight excluding hydrogens is 444 g/mol. The van der Waals surface area contributed by atoms with E-state index in [1.165, 1.54) is 16.8 Å². The van der Waals surface area contributed by atoms with Crippen LogP contribution in [-0.4, -0.2) is 47.0 Å². The van der Waals surface area contributed by atoms with E-state index in [0.29, 0.717) is 23.7 Å². The van der Waals surface area contributed by atoms with Crippen molar-refractivity contribution in [2.24, 2.45) is 0 Å². The zero-order chi connectivity index (χ0) is 23.7. The Bertz CT molecular complexity index is 1290. The summed E-state index contributed by atoms with van der Waals surface area (Å²) in [5.41, 5.74) is 8.15. The van der Waals surface area contributed by atoms with Gasteiger partial charge in [0.2, 0.25) is 0 Å². The molecule has 1 aliphatic heterocycles. The first-order chi connectivity index (χ1) is 16.5. The fourth-order valence-corrected chi connectivity index (χ4v) is 4.89. The second-order valence-electron chi connectivity index (χ2n) is 8.73. The van der Waals surface area contributed by atoms with Gasteiger partial charge in [0.05, 0.1) is 11.3 Å². The van der Waals surface area contributed by atoms with E-state index in [0.717, 1.165) is 35.6 Å². The van der Waals surface area contributed by atoms with E-state index in [2.05, 4.69) is 46.9 Å². The van der Waals surface area contributed by atoms with Crippen molar-refractivity contribution >= 4 is 23.2 Å². The summed E-state index contributed by atoms with van der Waals surface area (Å²) in [7, 11) is 0. The number of carbonyl (C=O) groups excluding carboxylic acids is 1. The number of para-hydroxylation sites is 1. The largest absolute Gasteiger partial charge is 0.368 e. The van der Waals surface area contributed by atoms with Crippen LogP contribution in [0.5, 0.6) is 0 Å². The Morgan fingerprint density at radius 3 is 2.18 bits per heavy atom. The quantitative estimate of drug-likeness (QED) is 0.399. The first kappa shape index (κ1) is 22.2. The summed E-state index contributed by atoms with van der Waals surface area (Å²) in [5, 5.41) is 0.683. The first-order valence-electron chi connectivity index (χ1n) is 11.5. The van der Waals surface area contributed by atoms with Crippen molar-refractivity contribution in [1.82, 2.24) is 14.9 Å². The lowest BCUT2D eigenvalue weighted by Crippen LogP contribution is -2.49. The second kappa shape index (κ2) is 9.35. The average molecular weight is 471 g/mol. The van der Waals surface area contributed by atoms with Gasteiger partial charge >= 0.3 is 0 Å². The van der Waals surface area contributed by atoms with Gasteiger partial charge in [0.1, 0.15) is 0 Å². The van der Waals surface area contributed by atoms with Crippen molar-refractivity contribution in [3.63, 3.8) is 0 Å². The zero-order valence-electron chi connectivity index (χ0n) is 19.4. The standard InChI is InChI=1S/C28H27ClN4O/c1-19-4-3-5-20(2)27(19)32-14-16-33(17-15-32)28(34)24-18-25(21-6-8-23(29)9-7-21)31-26(24)22-10-12-30-13-11-22/h3-13,18,31H,14-17H2,1-2H3. The van der Waals surface area contributed by atoms with Crippen molar-refractivity contribution in [2.75, 3.05) is 31.1 Å². The van der Waals surface area contributed by atoms with E-state index < -0.39 is 0 Å². The van der Waals surface area contributed by atoms with Crippen molar-refractivity contribution in [3.05, 3.63) is 94.8 Å². The maximum atomic E-state index is 13.7. The molecule has 5 rings (SSSR count). The highest BCUT2D eigenvalue weighted by Gasteiger charge is 2.27. The number of halogens is 1. The van der Waals surface area contributed by atoms with E-state index in [1.807, 2.05) is 47.4 Å². The van der Waals surface area contributed by atoms with Crippen LogP contribution in [0, 0.1) is 13.8 Å². The number of rotatable bonds is 4. The Balaban J connectivity index is 1.43. The molecule has 0 atom stereocenters. The normalized spacial score (nSPS) is 13.9. The highest BCUT2D eigenvalue weighted by atomic mass is 35.5. The summed E-state index contributed by atoms with van der Waals surface area (Å²) in [6.45, 7) is 7.30. The predicted octanol–water partition coefficient (Wildman–Crippen LogP) is 5.98. The van der Waals surface area contributed by atoms with Crippen LogP contribution in [0.25, 0.3) is 22.5 Å². The molecule has 0 radical (unpaired) electrons. The maximum absolute atomic E-state index is 13.7. The number of amides is 1. The fourth-order valence-electron chi connectivity index (χ4n) is 4.76. The number of hydrogen-bond donors (Lipinski definition) is 1. The third-order valence-electron chi connectivity index (χ3n) is 6.49. The molecule has 0 saturated carbocycles. The lowest BCUT2D eigenvalue weighted by Gasteiger charge is -2.37. The van der Waals surface area contributed by atoms with Crippen molar-refractivity contribution < 1.29 is 4.79 Å². The number of aromatic nitrogens is 2. The molecule has 1 saturated heterocycles. The Hall–Kier alpha value is -3.57. The number of carbonyl (C=O) groups is 1. The topological polar surface area (TPSA) is 52.2 Å². The number of nitrogens with one attached hydrogen (secondary N) is 1. The molecule has 1 amide bonds. The van der Waals surface area contributed by atoms with Gasteiger partial charge < -0.3 is 14.8 Å². The van der Waals surface area contributed by atoms with Crippen LogP contribution >= 0.6 is 11.6 Å². The highest BCUT2D eigenvalue weighted by molar-refractivity contribution is 6.30. The summed E-state index contributed by atoms with van der Waals surface area (Å²) >= 11 is 6.08. The average Bonchev–Trinajstić information content (AvgIpc) is 3.30.